The fourth-order valence-corrected chi connectivity index (χ4v) is 2.73. The maximum atomic E-state index is 12.0. The molecule has 0 bridgehead atoms. The summed E-state index contributed by atoms with van der Waals surface area (Å²) in [7, 11) is 3.36. The van der Waals surface area contributed by atoms with Crippen LogP contribution in [0.2, 0.25) is 0 Å². The minimum Gasteiger partial charge on any atom is -0.484 e. The van der Waals surface area contributed by atoms with Crippen molar-refractivity contribution in [2.45, 2.75) is 19.8 Å². The zero-order valence-electron chi connectivity index (χ0n) is 16.0. The van der Waals surface area contributed by atoms with Gasteiger partial charge in [0.2, 0.25) is 0 Å². The van der Waals surface area contributed by atoms with Gasteiger partial charge in [0.05, 0.1) is 0 Å². The van der Waals surface area contributed by atoms with Crippen molar-refractivity contribution >= 4 is 17.6 Å². The number of benzene rings is 1. The van der Waals surface area contributed by atoms with Gasteiger partial charge >= 0.3 is 6.03 Å². The van der Waals surface area contributed by atoms with E-state index in [9.17, 15) is 9.59 Å². The Bertz CT molecular complexity index is 598. The van der Waals surface area contributed by atoms with E-state index in [0.29, 0.717) is 18.0 Å². The third-order valence-corrected chi connectivity index (χ3v) is 4.54. The molecule has 26 heavy (non-hydrogen) atoms. The highest BCUT2D eigenvalue weighted by molar-refractivity contribution is 5.89. The molecule has 1 aromatic rings. The van der Waals surface area contributed by atoms with Gasteiger partial charge in [-0.25, -0.2) is 4.79 Å². The van der Waals surface area contributed by atoms with E-state index in [1.807, 2.05) is 0 Å². The third-order valence-electron chi connectivity index (χ3n) is 4.54. The Morgan fingerprint density at radius 1 is 1.27 bits per heavy atom. The van der Waals surface area contributed by atoms with Crippen LogP contribution in [0.1, 0.15) is 19.8 Å². The largest absolute Gasteiger partial charge is 0.484 e. The number of amides is 3. The van der Waals surface area contributed by atoms with Crippen molar-refractivity contribution in [2.75, 3.05) is 52.2 Å². The van der Waals surface area contributed by atoms with Crippen molar-refractivity contribution in [3.05, 3.63) is 24.3 Å². The Morgan fingerprint density at radius 2 is 2.00 bits per heavy atom. The lowest BCUT2D eigenvalue weighted by atomic mass is 9.99. The summed E-state index contributed by atoms with van der Waals surface area (Å²) in [5.41, 5.74) is 0.629. The third kappa shape index (κ3) is 6.92. The molecule has 1 saturated heterocycles. The summed E-state index contributed by atoms with van der Waals surface area (Å²) in [6, 6.07) is 6.78. The smallest absolute Gasteiger partial charge is 0.319 e. The lowest BCUT2D eigenvalue weighted by molar-refractivity contribution is -0.130. The number of likely N-dealkylation sites (N-methyl/N-ethyl adjacent to an activating group) is 1. The van der Waals surface area contributed by atoms with Gasteiger partial charge < -0.3 is 25.2 Å². The summed E-state index contributed by atoms with van der Waals surface area (Å²) < 4.78 is 5.45. The number of ether oxygens (including phenoxy) is 1. The van der Waals surface area contributed by atoms with E-state index in [2.05, 4.69) is 22.5 Å². The maximum absolute atomic E-state index is 12.0. The molecule has 2 rings (SSSR count). The van der Waals surface area contributed by atoms with E-state index < -0.39 is 0 Å². The molecule has 0 aliphatic carbocycles. The van der Waals surface area contributed by atoms with Crippen LogP contribution in [0.3, 0.4) is 0 Å². The van der Waals surface area contributed by atoms with Gasteiger partial charge in [0.15, 0.2) is 6.61 Å². The molecule has 1 fully saturated rings. The van der Waals surface area contributed by atoms with Gasteiger partial charge in [0, 0.05) is 38.9 Å². The highest BCUT2D eigenvalue weighted by Crippen LogP contribution is 2.17. The molecular weight excluding hydrogens is 332 g/mol. The van der Waals surface area contributed by atoms with Crippen LogP contribution in [-0.2, 0) is 4.79 Å². The molecule has 7 nitrogen and oxygen atoms in total. The SMILES string of the molecule is CC1CCN(CCNC(=O)Nc2cccc(OCC(=O)N(C)C)c2)CC1. The predicted molar refractivity (Wildman–Crippen MR) is 102 cm³/mol. The van der Waals surface area contributed by atoms with Crippen LogP contribution in [-0.4, -0.2) is 68.6 Å². The Morgan fingerprint density at radius 3 is 2.69 bits per heavy atom. The molecule has 0 aromatic heterocycles. The first-order valence-electron chi connectivity index (χ1n) is 9.14. The molecule has 1 aliphatic rings. The van der Waals surface area contributed by atoms with E-state index >= 15 is 0 Å². The number of nitrogens with one attached hydrogen (secondary N) is 2. The fourth-order valence-electron chi connectivity index (χ4n) is 2.73. The number of carbonyl (C=O) groups excluding carboxylic acids is 2. The molecule has 0 spiro atoms. The van der Waals surface area contributed by atoms with Gasteiger partial charge in [-0.2, -0.15) is 0 Å². The lowest BCUT2D eigenvalue weighted by Gasteiger charge is -2.30. The van der Waals surface area contributed by atoms with Crippen molar-refractivity contribution in [2.24, 2.45) is 5.92 Å². The van der Waals surface area contributed by atoms with E-state index in [0.717, 1.165) is 25.6 Å². The molecular formula is C19H30N4O3. The number of hydrogen-bond donors (Lipinski definition) is 2. The second kappa shape index (κ2) is 10.0. The zero-order chi connectivity index (χ0) is 18.9. The number of piperidine rings is 1. The molecule has 0 saturated carbocycles. The Balaban J connectivity index is 1.71. The molecule has 144 valence electrons. The number of nitrogens with zero attached hydrogens (tertiary/aromatic N) is 2. The van der Waals surface area contributed by atoms with Gasteiger partial charge in [0.25, 0.3) is 5.91 Å². The summed E-state index contributed by atoms with van der Waals surface area (Å²) in [4.78, 5) is 27.4. The van der Waals surface area contributed by atoms with Gasteiger partial charge in [0.1, 0.15) is 5.75 Å². The van der Waals surface area contributed by atoms with Crippen molar-refractivity contribution in [1.29, 1.82) is 0 Å². The number of rotatable bonds is 7. The molecule has 1 heterocycles. The molecule has 0 atom stereocenters. The predicted octanol–water partition coefficient (Wildman–Crippen LogP) is 2.01. The monoisotopic (exact) mass is 362 g/mol. The summed E-state index contributed by atoms with van der Waals surface area (Å²) in [6.07, 6.45) is 2.46. The molecule has 3 amide bonds. The van der Waals surface area contributed by atoms with Crippen LogP contribution >= 0.6 is 0 Å². The first-order chi connectivity index (χ1) is 12.4. The maximum Gasteiger partial charge on any atom is 0.319 e. The first-order valence-corrected chi connectivity index (χ1v) is 9.14. The zero-order valence-corrected chi connectivity index (χ0v) is 16.0. The van der Waals surface area contributed by atoms with E-state index in [1.54, 1.807) is 38.4 Å². The Labute approximate surface area is 155 Å². The van der Waals surface area contributed by atoms with Crippen LogP contribution in [0.4, 0.5) is 10.5 Å². The average molecular weight is 362 g/mol. The first kappa shape index (κ1) is 20.0. The lowest BCUT2D eigenvalue weighted by Crippen LogP contribution is -2.40. The van der Waals surface area contributed by atoms with Crippen LogP contribution < -0.4 is 15.4 Å². The van der Waals surface area contributed by atoms with Crippen LogP contribution in [0, 0.1) is 5.92 Å². The second-order valence-electron chi connectivity index (χ2n) is 7.01. The highest BCUT2D eigenvalue weighted by Gasteiger charge is 2.15. The van der Waals surface area contributed by atoms with E-state index in [1.165, 1.54) is 17.7 Å². The van der Waals surface area contributed by atoms with Crippen molar-refractivity contribution in [3.63, 3.8) is 0 Å². The summed E-state index contributed by atoms with van der Waals surface area (Å²) in [5.74, 6) is 1.23. The number of hydrogen-bond acceptors (Lipinski definition) is 4. The molecule has 1 aliphatic heterocycles. The summed E-state index contributed by atoms with van der Waals surface area (Å²) >= 11 is 0. The Kier molecular flexibility index (Phi) is 7.72. The van der Waals surface area contributed by atoms with Crippen LogP contribution in [0.15, 0.2) is 24.3 Å². The Hall–Kier alpha value is -2.28. The van der Waals surface area contributed by atoms with Crippen LogP contribution in [0.5, 0.6) is 5.75 Å². The van der Waals surface area contributed by atoms with Crippen molar-refractivity contribution in [1.82, 2.24) is 15.1 Å². The number of urea groups is 1. The van der Waals surface area contributed by atoms with Gasteiger partial charge in [-0.15, -0.1) is 0 Å². The summed E-state index contributed by atoms with van der Waals surface area (Å²) in [6.45, 7) is 5.96. The normalized spacial score (nSPS) is 15.3. The van der Waals surface area contributed by atoms with Crippen LogP contribution in [0.25, 0.3) is 0 Å². The second-order valence-corrected chi connectivity index (χ2v) is 7.01. The van der Waals surface area contributed by atoms with Crippen molar-refractivity contribution in [3.8, 4) is 5.75 Å². The molecule has 1 aromatic carbocycles. The molecule has 0 unspecified atom stereocenters. The topological polar surface area (TPSA) is 73.9 Å². The standard InChI is InChI=1S/C19H30N4O3/c1-15-7-10-23(11-8-15)12-9-20-19(25)21-16-5-4-6-17(13-16)26-14-18(24)22(2)3/h4-6,13,15H,7-12,14H2,1-3H3,(H2,20,21,25). The minimum absolute atomic E-state index is 0.0307. The number of likely N-dealkylation sites (tertiary alicyclic amines) is 1. The van der Waals surface area contributed by atoms with Gasteiger partial charge in [-0.3, -0.25) is 4.79 Å². The highest BCUT2D eigenvalue weighted by atomic mass is 16.5. The van der Waals surface area contributed by atoms with E-state index in [-0.39, 0.29) is 18.5 Å². The van der Waals surface area contributed by atoms with E-state index in [4.69, 9.17) is 4.74 Å². The number of anilines is 1. The summed E-state index contributed by atoms with van der Waals surface area (Å²) in [5, 5.41) is 5.67. The minimum atomic E-state index is -0.239. The molecule has 2 N–H and O–H groups in total. The van der Waals surface area contributed by atoms with Crippen molar-refractivity contribution < 1.29 is 14.3 Å². The fraction of sp³-hybridized carbons (Fsp3) is 0.579. The number of carbonyl (C=O) groups is 2. The van der Waals surface area contributed by atoms with Gasteiger partial charge in [-0.05, 0) is 44.0 Å². The van der Waals surface area contributed by atoms with Gasteiger partial charge in [-0.1, -0.05) is 13.0 Å². The quantitative estimate of drug-likeness (QED) is 0.778. The molecule has 0 radical (unpaired) electrons. The molecule has 7 heteroatoms. The average Bonchev–Trinajstić information content (AvgIpc) is 2.61.